The average Bonchev–Trinajstić information content (AvgIpc) is 2.90. The molecular formula is C13H18N4OS. The van der Waals surface area contributed by atoms with E-state index in [0.717, 1.165) is 28.7 Å². The third-order valence-corrected chi connectivity index (χ3v) is 4.23. The van der Waals surface area contributed by atoms with Gasteiger partial charge in [-0.25, -0.2) is 0 Å². The second-order valence-corrected chi connectivity index (χ2v) is 5.41. The molecule has 0 fully saturated rings. The number of carbonyl (C=O) groups excluding carboxylic acids is 1. The van der Waals surface area contributed by atoms with Crippen molar-refractivity contribution in [2.75, 3.05) is 5.75 Å². The molecule has 6 heteroatoms. The summed E-state index contributed by atoms with van der Waals surface area (Å²) in [4.78, 5) is 12.3. The highest BCUT2D eigenvalue weighted by atomic mass is 32.2. The van der Waals surface area contributed by atoms with Crippen molar-refractivity contribution in [1.29, 1.82) is 0 Å². The molecule has 0 saturated carbocycles. The van der Waals surface area contributed by atoms with Crippen molar-refractivity contribution >= 4 is 17.5 Å². The fourth-order valence-electron chi connectivity index (χ4n) is 2.18. The lowest BCUT2D eigenvalue weighted by atomic mass is 10.2. The van der Waals surface area contributed by atoms with Gasteiger partial charge in [-0.3, -0.25) is 4.79 Å². The first-order valence-electron chi connectivity index (χ1n) is 6.21. The maximum atomic E-state index is 12.3. The van der Waals surface area contributed by atoms with Crippen LogP contribution in [0.2, 0.25) is 0 Å². The number of aryl methyl sites for hydroxylation is 2. The number of ketones is 1. The zero-order valence-corrected chi connectivity index (χ0v) is 12.5. The van der Waals surface area contributed by atoms with Gasteiger partial charge in [0.15, 0.2) is 10.9 Å². The fraction of sp³-hybridized carbons (Fsp3) is 0.462. The van der Waals surface area contributed by atoms with Crippen molar-refractivity contribution < 1.29 is 4.79 Å². The van der Waals surface area contributed by atoms with Crippen molar-refractivity contribution in [2.45, 2.75) is 32.5 Å². The number of thioether (sulfide) groups is 1. The minimum Gasteiger partial charge on any atom is -0.349 e. The van der Waals surface area contributed by atoms with Gasteiger partial charge < -0.3 is 9.13 Å². The largest absolute Gasteiger partial charge is 0.349 e. The number of Topliss-reactive ketones (excluding diaryl/α,β-unsaturated/α-hetero) is 1. The number of hydrogen-bond acceptors (Lipinski definition) is 4. The van der Waals surface area contributed by atoms with Gasteiger partial charge in [-0.1, -0.05) is 11.8 Å². The molecule has 0 aliphatic carbocycles. The molecule has 2 aromatic rings. The third-order valence-electron chi connectivity index (χ3n) is 3.19. The molecule has 0 spiro atoms. The van der Waals surface area contributed by atoms with Gasteiger partial charge >= 0.3 is 0 Å². The van der Waals surface area contributed by atoms with E-state index in [1.54, 1.807) is 6.33 Å². The molecule has 0 atom stereocenters. The molecular weight excluding hydrogens is 260 g/mol. The van der Waals surface area contributed by atoms with Crippen molar-refractivity contribution in [3.05, 3.63) is 29.3 Å². The van der Waals surface area contributed by atoms with Crippen LogP contribution in [0, 0.1) is 13.8 Å². The number of carbonyl (C=O) groups is 1. The summed E-state index contributed by atoms with van der Waals surface area (Å²) >= 11 is 1.42. The van der Waals surface area contributed by atoms with E-state index >= 15 is 0 Å². The van der Waals surface area contributed by atoms with Gasteiger partial charge in [-0.15, -0.1) is 10.2 Å². The lowest BCUT2D eigenvalue weighted by molar-refractivity contribution is 0.102. The highest BCUT2D eigenvalue weighted by Gasteiger charge is 2.16. The molecule has 0 bridgehead atoms. The maximum absolute atomic E-state index is 12.3. The second-order valence-electron chi connectivity index (χ2n) is 4.47. The summed E-state index contributed by atoms with van der Waals surface area (Å²) in [6, 6.07) is 1.97. The van der Waals surface area contributed by atoms with E-state index in [1.807, 2.05) is 31.5 Å². The van der Waals surface area contributed by atoms with Crippen LogP contribution in [0.1, 0.15) is 28.7 Å². The van der Waals surface area contributed by atoms with Gasteiger partial charge in [0, 0.05) is 30.5 Å². The zero-order chi connectivity index (χ0) is 14.0. The number of aromatic nitrogens is 4. The Bertz CT molecular complexity index is 600. The first kappa shape index (κ1) is 13.9. The van der Waals surface area contributed by atoms with Crippen LogP contribution in [0.25, 0.3) is 0 Å². The SMILES string of the molecule is CCn1c(C)cc(C(=O)CSc2nncn2C)c1C. The first-order chi connectivity index (χ1) is 9.04. The Labute approximate surface area is 117 Å². The van der Waals surface area contributed by atoms with Crippen LogP contribution in [0.15, 0.2) is 17.6 Å². The van der Waals surface area contributed by atoms with Crippen LogP contribution in [0.4, 0.5) is 0 Å². The standard InChI is InChI=1S/C13H18N4OS/c1-5-17-9(2)6-11(10(17)3)12(18)7-19-13-15-14-8-16(13)4/h6,8H,5,7H2,1-4H3. The summed E-state index contributed by atoms with van der Waals surface area (Å²) in [6.07, 6.45) is 1.63. The predicted molar refractivity (Wildman–Crippen MR) is 75.6 cm³/mol. The van der Waals surface area contributed by atoms with E-state index < -0.39 is 0 Å². The molecule has 0 aromatic carbocycles. The van der Waals surface area contributed by atoms with Gasteiger partial charge in [0.05, 0.1) is 5.75 Å². The van der Waals surface area contributed by atoms with Crippen LogP contribution in [-0.4, -0.2) is 30.9 Å². The molecule has 19 heavy (non-hydrogen) atoms. The normalized spacial score (nSPS) is 10.9. The summed E-state index contributed by atoms with van der Waals surface area (Å²) < 4.78 is 3.97. The average molecular weight is 278 g/mol. The third kappa shape index (κ3) is 2.73. The van der Waals surface area contributed by atoms with E-state index in [2.05, 4.69) is 21.7 Å². The van der Waals surface area contributed by atoms with Crippen LogP contribution in [0.3, 0.4) is 0 Å². The lowest BCUT2D eigenvalue weighted by Gasteiger charge is -2.05. The minimum absolute atomic E-state index is 0.140. The molecule has 0 radical (unpaired) electrons. The maximum Gasteiger partial charge on any atom is 0.191 e. The molecule has 2 heterocycles. The fourth-order valence-corrected chi connectivity index (χ4v) is 2.95. The molecule has 0 amide bonds. The zero-order valence-electron chi connectivity index (χ0n) is 11.7. The Morgan fingerprint density at radius 3 is 2.68 bits per heavy atom. The molecule has 2 rings (SSSR count). The van der Waals surface area contributed by atoms with Crippen LogP contribution in [0.5, 0.6) is 0 Å². The Balaban J connectivity index is 2.10. The number of hydrogen-bond donors (Lipinski definition) is 0. The summed E-state index contributed by atoms with van der Waals surface area (Å²) in [7, 11) is 1.87. The minimum atomic E-state index is 0.140. The molecule has 0 unspecified atom stereocenters. The van der Waals surface area contributed by atoms with E-state index in [0.29, 0.717) is 5.75 Å². The lowest BCUT2D eigenvalue weighted by Crippen LogP contribution is -2.06. The van der Waals surface area contributed by atoms with Gasteiger partial charge in [-0.05, 0) is 26.8 Å². The second kappa shape index (κ2) is 5.61. The Kier molecular flexibility index (Phi) is 4.09. The molecule has 0 aliphatic heterocycles. The Hall–Kier alpha value is -1.56. The smallest absolute Gasteiger partial charge is 0.191 e. The van der Waals surface area contributed by atoms with Gasteiger partial charge in [0.1, 0.15) is 6.33 Å². The van der Waals surface area contributed by atoms with Crippen molar-refractivity contribution in [3.8, 4) is 0 Å². The quantitative estimate of drug-likeness (QED) is 0.621. The van der Waals surface area contributed by atoms with E-state index in [1.165, 1.54) is 11.8 Å². The van der Waals surface area contributed by atoms with Crippen molar-refractivity contribution in [3.63, 3.8) is 0 Å². The van der Waals surface area contributed by atoms with Crippen LogP contribution in [-0.2, 0) is 13.6 Å². The molecule has 102 valence electrons. The summed E-state index contributed by atoms with van der Waals surface area (Å²) in [5.41, 5.74) is 2.99. The topological polar surface area (TPSA) is 52.7 Å². The summed E-state index contributed by atoms with van der Waals surface area (Å²) in [5, 5.41) is 8.52. The van der Waals surface area contributed by atoms with Crippen LogP contribution >= 0.6 is 11.8 Å². The molecule has 2 aromatic heterocycles. The summed E-state index contributed by atoms with van der Waals surface area (Å²) in [5.74, 6) is 0.529. The number of rotatable bonds is 5. The molecule has 0 aliphatic rings. The Morgan fingerprint density at radius 1 is 1.42 bits per heavy atom. The Morgan fingerprint density at radius 2 is 2.16 bits per heavy atom. The van der Waals surface area contributed by atoms with Gasteiger partial charge in [-0.2, -0.15) is 0 Å². The predicted octanol–water partition coefficient (Wildman–Crippen LogP) is 2.23. The van der Waals surface area contributed by atoms with Crippen molar-refractivity contribution in [1.82, 2.24) is 19.3 Å². The number of nitrogens with zero attached hydrogens (tertiary/aromatic N) is 4. The van der Waals surface area contributed by atoms with Gasteiger partial charge in [0.2, 0.25) is 0 Å². The van der Waals surface area contributed by atoms with E-state index in [9.17, 15) is 4.79 Å². The van der Waals surface area contributed by atoms with Gasteiger partial charge in [0.25, 0.3) is 0 Å². The first-order valence-corrected chi connectivity index (χ1v) is 7.19. The molecule has 0 N–H and O–H groups in total. The highest BCUT2D eigenvalue weighted by molar-refractivity contribution is 7.99. The monoisotopic (exact) mass is 278 g/mol. The highest BCUT2D eigenvalue weighted by Crippen LogP contribution is 2.20. The summed E-state index contributed by atoms with van der Waals surface area (Å²) in [6.45, 7) is 7.00. The van der Waals surface area contributed by atoms with E-state index in [4.69, 9.17) is 0 Å². The molecule has 5 nitrogen and oxygen atoms in total. The van der Waals surface area contributed by atoms with E-state index in [-0.39, 0.29) is 5.78 Å². The van der Waals surface area contributed by atoms with Crippen molar-refractivity contribution in [2.24, 2.45) is 7.05 Å². The molecule has 0 saturated heterocycles. The van der Waals surface area contributed by atoms with Crippen LogP contribution < -0.4 is 0 Å².